The lowest BCUT2D eigenvalue weighted by molar-refractivity contribution is 0.414. The third kappa shape index (κ3) is 4.22. The fraction of sp³-hybridized carbons (Fsp3) is 0.250. The van der Waals surface area contributed by atoms with E-state index in [2.05, 4.69) is 4.72 Å². The van der Waals surface area contributed by atoms with Crippen molar-refractivity contribution < 1.29 is 13.2 Å². The number of para-hydroxylation sites is 1. The Hall–Kier alpha value is -2.05. The van der Waals surface area contributed by atoms with E-state index >= 15 is 0 Å². The Morgan fingerprint density at radius 2 is 1.68 bits per heavy atom. The van der Waals surface area contributed by atoms with Crippen LogP contribution in [-0.2, 0) is 10.0 Å². The molecule has 22 heavy (non-hydrogen) atoms. The largest absolute Gasteiger partial charge is 0.497 e. The first kappa shape index (κ1) is 16.3. The summed E-state index contributed by atoms with van der Waals surface area (Å²) in [4.78, 5) is 2.23. The van der Waals surface area contributed by atoms with Gasteiger partial charge in [0.05, 0.1) is 12.0 Å². The van der Waals surface area contributed by atoms with Crippen molar-refractivity contribution in [3.8, 4) is 5.75 Å². The number of hydrogen-bond donors (Lipinski definition) is 1. The zero-order chi connectivity index (χ0) is 16.0. The number of nitrogens with one attached hydrogen (secondary N) is 1. The van der Waals surface area contributed by atoms with Gasteiger partial charge in [0, 0.05) is 25.8 Å². The molecular formula is C16H20N2O3S. The van der Waals surface area contributed by atoms with Crippen molar-refractivity contribution >= 4 is 15.7 Å². The van der Waals surface area contributed by atoms with E-state index in [9.17, 15) is 8.42 Å². The summed E-state index contributed by atoms with van der Waals surface area (Å²) in [5.41, 5.74) is 1.05. The average molecular weight is 320 g/mol. The lowest BCUT2D eigenvalue weighted by Crippen LogP contribution is -2.33. The smallest absolute Gasteiger partial charge is 0.240 e. The van der Waals surface area contributed by atoms with Gasteiger partial charge in [0.15, 0.2) is 0 Å². The van der Waals surface area contributed by atoms with Crippen molar-refractivity contribution in [2.75, 3.05) is 32.1 Å². The van der Waals surface area contributed by atoms with E-state index < -0.39 is 10.0 Å². The minimum atomic E-state index is -3.50. The van der Waals surface area contributed by atoms with Gasteiger partial charge in [-0.25, -0.2) is 13.1 Å². The Morgan fingerprint density at radius 3 is 2.27 bits per heavy atom. The molecule has 2 aromatic carbocycles. The molecule has 0 heterocycles. The van der Waals surface area contributed by atoms with Gasteiger partial charge in [-0.1, -0.05) is 18.2 Å². The molecular weight excluding hydrogens is 300 g/mol. The zero-order valence-electron chi connectivity index (χ0n) is 12.7. The number of anilines is 1. The first-order valence-electron chi connectivity index (χ1n) is 6.93. The number of likely N-dealkylation sites (N-methyl/N-ethyl adjacent to an activating group) is 1. The molecule has 0 aliphatic rings. The van der Waals surface area contributed by atoms with Crippen molar-refractivity contribution in [2.24, 2.45) is 0 Å². The molecule has 5 nitrogen and oxygen atoms in total. The summed E-state index contributed by atoms with van der Waals surface area (Å²) >= 11 is 0. The van der Waals surface area contributed by atoms with Crippen LogP contribution in [0.15, 0.2) is 59.5 Å². The molecule has 0 spiro atoms. The van der Waals surface area contributed by atoms with Crippen LogP contribution in [0.25, 0.3) is 0 Å². The highest BCUT2D eigenvalue weighted by Gasteiger charge is 2.13. The Labute approximate surface area is 131 Å². The standard InChI is InChI=1S/C16H20N2O3S/c1-18(14-6-4-3-5-7-14)13-12-17-22(19,20)16-10-8-15(21-2)9-11-16/h3-11,17H,12-13H2,1-2H3. The van der Waals surface area contributed by atoms with Gasteiger partial charge in [-0.05, 0) is 36.4 Å². The molecule has 0 saturated carbocycles. The number of hydrogen-bond acceptors (Lipinski definition) is 4. The highest BCUT2D eigenvalue weighted by molar-refractivity contribution is 7.89. The molecule has 0 aliphatic carbocycles. The molecule has 0 fully saturated rings. The summed E-state index contributed by atoms with van der Waals surface area (Å²) < 4.78 is 32.0. The molecule has 0 amide bonds. The van der Waals surface area contributed by atoms with Crippen molar-refractivity contribution in [3.63, 3.8) is 0 Å². The summed E-state index contributed by atoms with van der Waals surface area (Å²) in [5, 5.41) is 0. The molecule has 0 saturated heterocycles. The van der Waals surface area contributed by atoms with Gasteiger partial charge in [-0.2, -0.15) is 0 Å². The lowest BCUT2D eigenvalue weighted by Gasteiger charge is -2.19. The second kappa shape index (κ2) is 7.29. The summed E-state index contributed by atoms with van der Waals surface area (Å²) in [7, 11) is -0.0249. The van der Waals surface area contributed by atoms with Crippen LogP contribution in [-0.4, -0.2) is 35.7 Å². The molecule has 0 aliphatic heterocycles. The number of benzene rings is 2. The lowest BCUT2D eigenvalue weighted by atomic mass is 10.3. The average Bonchev–Trinajstić information content (AvgIpc) is 2.55. The predicted octanol–water partition coefficient (Wildman–Crippen LogP) is 2.11. The minimum Gasteiger partial charge on any atom is -0.497 e. The van der Waals surface area contributed by atoms with Crippen molar-refractivity contribution in [3.05, 3.63) is 54.6 Å². The number of methoxy groups -OCH3 is 1. The van der Waals surface area contributed by atoms with Crippen molar-refractivity contribution in [1.29, 1.82) is 0 Å². The summed E-state index contributed by atoms with van der Waals surface area (Å²) in [6, 6.07) is 16.1. The van der Waals surface area contributed by atoms with E-state index in [-0.39, 0.29) is 4.90 Å². The molecule has 118 valence electrons. The monoisotopic (exact) mass is 320 g/mol. The maximum atomic E-state index is 12.2. The molecule has 0 aromatic heterocycles. The maximum absolute atomic E-state index is 12.2. The van der Waals surface area contributed by atoms with Crippen molar-refractivity contribution in [2.45, 2.75) is 4.90 Å². The Bertz CT molecular complexity index is 685. The van der Waals surface area contributed by atoms with E-state index in [0.29, 0.717) is 18.8 Å². The normalized spacial score (nSPS) is 11.2. The number of nitrogens with zero attached hydrogens (tertiary/aromatic N) is 1. The van der Waals surface area contributed by atoms with Gasteiger partial charge in [0.1, 0.15) is 5.75 Å². The van der Waals surface area contributed by atoms with Crippen molar-refractivity contribution in [1.82, 2.24) is 4.72 Å². The van der Waals surface area contributed by atoms with E-state index in [1.807, 2.05) is 42.3 Å². The van der Waals surface area contributed by atoms with Crippen LogP contribution in [0.4, 0.5) is 5.69 Å². The minimum absolute atomic E-state index is 0.232. The second-order valence-corrected chi connectivity index (χ2v) is 6.60. The van der Waals surface area contributed by atoms with E-state index in [0.717, 1.165) is 5.69 Å². The van der Waals surface area contributed by atoms with Gasteiger partial charge in [-0.15, -0.1) is 0 Å². The van der Waals surface area contributed by atoms with Gasteiger partial charge >= 0.3 is 0 Å². The number of ether oxygens (including phenoxy) is 1. The molecule has 2 aromatic rings. The Kier molecular flexibility index (Phi) is 5.41. The van der Waals surface area contributed by atoms with Crippen LogP contribution in [0.1, 0.15) is 0 Å². The summed E-state index contributed by atoms with van der Waals surface area (Å²) in [5.74, 6) is 0.628. The third-order valence-electron chi connectivity index (χ3n) is 3.31. The molecule has 2 rings (SSSR count). The van der Waals surface area contributed by atoms with E-state index in [1.165, 1.54) is 12.1 Å². The number of rotatable bonds is 7. The maximum Gasteiger partial charge on any atom is 0.240 e. The SMILES string of the molecule is COc1ccc(S(=O)(=O)NCCN(C)c2ccccc2)cc1. The van der Waals surface area contributed by atoms with Gasteiger partial charge in [-0.3, -0.25) is 0 Å². The number of sulfonamides is 1. The molecule has 0 unspecified atom stereocenters. The third-order valence-corrected chi connectivity index (χ3v) is 4.78. The molecule has 6 heteroatoms. The highest BCUT2D eigenvalue weighted by atomic mass is 32.2. The fourth-order valence-corrected chi connectivity index (χ4v) is 3.02. The first-order chi connectivity index (χ1) is 10.5. The first-order valence-corrected chi connectivity index (χ1v) is 8.41. The second-order valence-electron chi connectivity index (χ2n) is 4.83. The van der Waals surface area contributed by atoms with Gasteiger partial charge < -0.3 is 9.64 Å². The van der Waals surface area contributed by atoms with Crippen LogP contribution >= 0.6 is 0 Å². The quantitative estimate of drug-likeness (QED) is 0.849. The fourth-order valence-electron chi connectivity index (χ4n) is 2.00. The van der Waals surface area contributed by atoms with Crippen LogP contribution in [0.2, 0.25) is 0 Å². The molecule has 0 atom stereocenters. The highest BCUT2D eigenvalue weighted by Crippen LogP contribution is 2.15. The summed E-state index contributed by atoms with van der Waals surface area (Å²) in [6.45, 7) is 0.916. The van der Waals surface area contributed by atoms with Gasteiger partial charge in [0.25, 0.3) is 0 Å². The Balaban J connectivity index is 1.92. The predicted molar refractivity (Wildman–Crippen MR) is 87.9 cm³/mol. The van der Waals surface area contributed by atoms with E-state index in [1.54, 1.807) is 19.2 Å². The Morgan fingerprint density at radius 1 is 1.05 bits per heavy atom. The zero-order valence-corrected chi connectivity index (χ0v) is 13.5. The van der Waals surface area contributed by atoms with Crippen LogP contribution in [0.3, 0.4) is 0 Å². The summed E-state index contributed by atoms with van der Waals surface area (Å²) in [6.07, 6.45) is 0. The van der Waals surface area contributed by atoms with Crippen LogP contribution < -0.4 is 14.4 Å². The van der Waals surface area contributed by atoms with Gasteiger partial charge in [0.2, 0.25) is 10.0 Å². The molecule has 1 N–H and O–H groups in total. The van der Waals surface area contributed by atoms with Crippen LogP contribution in [0.5, 0.6) is 5.75 Å². The van der Waals surface area contributed by atoms with E-state index in [4.69, 9.17) is 4.74 Å². The molecule has 0 bridgehead atoms. The molecule has 0 radical (unpaired) electrons. The topological polar surface area (TPSA) is 58.6 Å². The van der Waals surface area contributed by atoms with Crippen LogP contribution in [0, 0.1) is 0 Å².